The molecule has 3 rings (SSSR count). The minimum atomic E-state index is -0.893. The predicted molar refractivity (Wildman–Crippen MR) is 148 cm³/mol. The molecule has 1 heterocycles. The number of rotatable bonds is 13. The van der Waals surface area contributed by atoms with Gasteiger partial charge in [-0.25, -0.2) is 4.79 Å². The van der Waals surface area contributed by atoms with Crippen molar-refractivity contribution in [2.45, 2.75) is 84.8 Å². The summed E-state index contributed by atoms with van der Waals surface area (Å²) >= 11 is 0. The first-order valence-electron chi connectivity index (χ1n) is 14.0. The molecule has 0 aliphatic carbocycles. The molecule has 4 atom stereocenters. The molecule has 4 unspecified atom stereocenters. The summed E-state index contributed by atoms with van der Waals surface area (Å²) < 4.78 is 17.1. The van der Waals surface area contributed by atoms with Crippen LogP contribution in [0.15, 0.2) is 60.7 Å². The molecular weight excluding hydrogens is 496 g/mol. The van der Waals surface area contributed by atoms with Crippen LogP contribution in [0.2, 0.25) is 0 Å². The van der Waals surface area contributed by atoms with E-state index in [-0.39, 0.29) is 37.0 Å². The highest BCUT2D eigenvalue weighted by Gasteiger charge is 2.44. The maximum atomic E-state index is 13.8. The van der Waals surface area contributed by atoms with Crippen molar-refractivity contribution >= 4 is 18.0 Å². The molecular formula is C31H42N2O6. The van der Waals surface area contributed by atoms with E-state index in [1.807, 2.05) is 81.4 Å². The van der Waals surface area contributed by atoms with Gasteiger partial charge >= 0.3 is 12.1 Å². The number of esters is 1. The Labute approximate surface area is 232 Å². The molecule has 1 N–H and O–H groups in total. The number of alkyl carbamates (subject to hydrolysis) is 1. The van der Waals surface area contributed by atoms with Crippen LogP contribution in [0, 0.1) is 11.8 Å². The number of unbranched alkanes of at least 4 members (excludes halogenated alkanes) is 1. The van der Waals surface area contributed by atoms with Gasteiger partial charge in [-0.2, -0.15) is 0 Å². The zero-order chi connectivity index (χ0) is 28.2. The van der Waals surface area contributed by atoms with Gasteiger partial charge in [-0.3, -0.25) is 9.59 Å². The molecule has 8 heteroatoms. The van der Waals surface area contributed by atoms with E-state index in [9.17, 15) is 14.4 Å². The lowest BCUT2D eigenvalue weighted by Gasteiger charge is -2.31. The van der Waals surface area contributed by atoms with Crippen LogP contribution in [0.25, 0.3) is 0 Å². The Kier molecular flexibility index (Phi) is 11.8. The first-order chi connectivity index (χ1) is 18.8. The van der Waals surface area contributed by atoms with Gasteiger partial charge in [-0.15, -0.1) is 0 Å². The second-order valence-electron chi connectivity index (χ2n) is 10.3. The number of nitrogens with one attached hydrogen (secondary N) is 1. The highest BCUT2D eigenvalue weighted by Crippen LogP contribution is 2.26. The summed E-state index contributed by atoms with van der Waals surface area (Å²) in [7, 11) is 0. The summed E-state index contributed by atoms with van der Waals surface area (Å²) in [5.41, 5.74) is 1.84. The minimum absolute atomic E-state index is 0.0377. The van der Waals surface area contributed by atoms with Gasteiger partial charge in [0.15, 0.2) is 0 Å². The van der Waals surface area contributed by atoms with Crippen LogP contribution < -0.4 is 5.32 Å². The first kappa shape index (κ1) is 30.2. The Morgan fingerprint density at radius 3 is 2.23 bits per heavy atom. The van der Waals surface area contributed by atoms with E-state index in [1.165, 1.54) is 0 Å². The van der Waals surface area contributed by atoms with Crippen LogP contribution in [-0.2, 0) is 36.8 Å². The molecule has 0 bridgehead atoms. The maximum absolute atomic E-state index is 13.8. The van der Waals surface area contributed by atoms with Gasteiger partial charge < -0.3 is 24.4 Å². The molecule has 1 saturated heterocycles. The number of carbonyl (C=O) groups is 3. The third-order valence-electron chi connectivity index (χ3n) is 7.05. The van der Waals surface area contributed by atoms with E-state index in [2.05, 4.69) is 12.2 Å². The van der Waals surface area contributed by atoms with Crippen molar-refractivity contribution in [1.29, 1.82) is 0 Å². The average Bonchev–Trinajstić information content (AvgIpc) is 3.33. The monoisotopic (exact) mass is 538 g/mol. The van der Waals surface area contributed by atoms with E-state index in [0.29, 0.717) is 12.8 Å². The van der Waals surface area contributed by atoms with E-state index >= 15 is 0 Å². The number of amides is 2. The number of hydrogen-bond acceptors (Lipinski definition) is 6. The fraction of sp³-hybridized carbons (Fsp3) is 0.516. The normalized spacial score (nSPS) is 18.4. The van der Waals surface area contributed by atoms with E-state index in [1.54, 1.807) is 4.90 Å². The summed E-state index contributed by atoms with van der Waals surface area (Å²) in [4.78, 5) is 41.0. The summed E-state index contributed by atoms with van der Waals surface area (Å²) in [6.07, 6.45) is 2.26. The highest BCUT2D eigenvalue weighted by atomic mass is 16.7. The van der Waals surface area contributed by atoms with Gasteiger partial charge in [0.2, 0.25) is 12.2 Å². The van der Waals surface area contributed by atoms with Gasteiger partial charge in [0, 0.05) is 0 Å². The molecule has 2 amide bonds. The van der Waals surface area contributed by atoms with Gasteiger partial charge in [0.1, 0.15) is 25.4 Å². The van der Waals surface area contributed by atoms with Gasteiger partial charge in [-0.1, -0.05) is 101 Å². The van der Waals surface area contributed by atoms with Crippen LogP contribution in [0.5, 0.6) is 0 Å². The fourth-order valence-electron chi connectivity index (χ4n) is 4.64. The smallest absolute Gasteiger partial charge is 0.408 e. The molecule has 0 spiro atoms. The quantitative estimate of drug-likeness (QED) is 0.341. The largest absolute Gasteiger partial charge is 0.445 e. The summed E-state index contributed by atoms with van der Waals surface area (Å²) in [5.74, 6) is -1.02. The van der Waals surface area contributed by atoms with Crippen LogP contribution in [0.1, 0.15) is 64.5 Å². The van der Waals surface area contributed by atoms with Gasteiger partial charge in [0.25, 0.3) is 0 Å². The predicted octanol–water partition coefficient (Wildman–Crippen LogP) is 5.45. The molecule has 2 aromatic carbocycles. The van der Waals surface area contributed by atoms with Crippen LogP contribution >= 0.6 is 0 Å². The van der Waals surface area contributed by atoms with Crippen molar-refractivity contribution in [2.75, 3.05) is 6.73 Å². The Bertz CT molecular complexity index is 1050. The number of hydrogen-bond donors (Lipinski definition) is 1. The average molecular weight is 539 g/mol. The number of nitrogens with zero attached hydrogens (tertiary/aromatic N) is 1. The molecule has 212 valence electrons. The van der Waals surface area contributed by atoms with E-state index in [0.717, 1.165) is 30.4 Å². The molecule has 0 radical (unpaired) electrons. The lowest BCUT2D eigenvalue weighted by atomic mass is 9.99. The zero-order valence-corrected chi connectivity index (χ0v) is 23.5. The topological polar surface area (TPSA) is 94.2 Å². The van der Waals surface area contributed by atoms with Crippen LogP contribution in [0.3, 0.4) is 0 Å². The molecule has 1 fully saturated rings. The van der Waals surface area contributed by atoms with E-state index < -0.39 is 24.5 Å². The van der Waals surface area contributed by atoms with Crippen molar-refractivity contribution < 1.29 is 28.6 Å². The van der Waals surface area contributed by atoms with Crippen molar-refractivity contribution in [2.24, 2.45) is 11.8 Å². The van der Waals surface area contributed by atoms with Crippen molar-refractivity contribution in [3.63, 3.8) is 0 Å². The molecule has 1 aliphatic rings. The highest BCUT2D eigenvalue weighted by molar-refractivity contribution is 5.86. The molecule has 39 heavy (non-hydrogen) atoms. The number of benzene rings is 2. The van der Waals surface area contributed by atoms with Crippen molar-refractivity contribution in [3.05, 3.63) is 71.8 Å². The molecule has 8 nitrogen and oxygen atoms in total. The van der Waals surface area contributed by atoms with Crippen LogP contribution in [-0.4, -0.2) is 48.0 Å². The summed E-state index contributed by atoms with van der Waals surface area (Å²) in [6, 6.07) is 17.7. The van der Waals surface area contributed by atoms with Crippen LogP contribution in [0.4, 0.5) is 4.79 Å². The van der Waals surface area contributed by atoms with Crippen molar-refractivity contribution in [3.8, 4) is 0 Å². The first-order valence-corrected chi connectivity index (χ1v) is 14.0. The second-order valence-corrected chi connectivity index (χ2v) is 10.3. The van der Waals surface area contributed by atoms with E-state index in [4.69, 9.17) is 14.2 Å². The Hall–Kier alpha value is -3.39. The molecule has 0 saturated carbocycles. The third-order valence-corrected chi connectivity index (χ3v) is 7.05. The third kappa shape index (κ3) is 8.82. The second kappa shape index (κ2) is 15.3. The molecule has 2 aromatic rings. The summed E-state index contributed by atoms with van der Waals surface area (Å²) in [5, 5.41) is 2.74. The van der Waals surface area contributed by atoms with Gasteiger partial charge in [-0.05, 0) is 36.3 Å². The lowest BCUT2D eigenvalue weighted by molar-refractivity contribution is -0.177. The lowest BCUT2D eigenvalue weighted by Crippen LogP contribution is -2.54. The number of carbonyl (C=O) groups excluding carboxylic acids is 3. The fourth-order valence-corrected chi connectivity index (χ4v) is 4.64. The Balaban J connectivity index is 1.73. The number of ether oxygens (including phenoxy) is 3. The van der Waals surface area contributed by atoms with Crippen molar-refractivity contribution in [1.82, 2.24) is 10.2 Å². The minimum Gasteiger partial charge on any atom is -0.445 e. The molecule has 1 aliphatic heterocycles. The Morgan fingerprint density at radius 2 is 1.64 bits per heavy atom. The SMILES string of the molecule is CCCCC(CC)C(=O)OC1OCN(C(=O)C(NC(=O)OCc2ccccc2)C(C)C)C1Cc1ccccc1. The standard InChI is InChI=1S/C31H42N2O6/c1-5-7-18-25(6-2)29(35)39-30-26(19-23-14-10-8-11-15-23)33(21-38-30)28(34)27(22(3)4)32-31(36)37-20-24-16-12-9-13-17-24/h8-17,22,25-27,30H,5-7,18-21H2,1-4H3,(H,32,36). The Morgan fingerprint density at radius 1 is 1.00 bits per heavy atom. The molecule has 0 aromatic heterocycles. The summed E-state index contributed by atoms with van der Waals surface area (Å²) in [6.45, 7) is 7.85. The maximum Gasteiger partial charge on any atom is 0.408 e. The van der Waals surface area contributed by atoms with Gasteiger partial charge in [0.05, 0.1) is 5.92 Å². The zero-order valence-electron chi connectivity index (χ0n) is 23.5.